The molecule has 1 aromatic heterocycles. The van der Waals surface area contributed by atoms with E-state index in [4.69, 9.17) is 16.3 Å². The molecule has 0 aromatic carbocycles. The van der Waals surface area contributed by atoms with E-state index in [1.165, 1.54) is 13.3 Å². The van der Waals surface area contributed by atoms with E-state index in [0.717, 1.165) is 0 Å². The molecule has 118 valence electrons. The average molecular weight is 328 g/mol. The Morgan fingerprint density at radius 2 is 2.05 bits per heavy atom. The molecule has 21 heavy (non-hydrogen) atoms. The summed E-state index contributed by atoms with van der Waals surface area (Å²) < 4.78 is 51.0. The van der Waals surface area contributed by atoms with Crippen LogP contribution in [0, 0.1) is 0 Å². The molecule has 0 saturated heterocycles. The number of pyridine rings is 1. The fraction of sp³-hybridized carbons (Fsp3) is 0.500. The molecule has 0 unspecified atom stereocenters. The summed E-state index contributed by atoms with van der Waals surface area (Å²) in [5, 5.41) is 0. The molecule has 1 heterocycles. The Balaban J connectivity index is 3.25. The molecule has 0 aliphatic heterocycles. The lowest BCUT2D eigenvalue weighted by Gasteiger charge is -2.17. The van der Waals surface area contributed by atoms with Crippen molar-refractivity contribution in [1.82, 2.24) is 4.98 Å². The second kappa shape index (κ2) is 7.35. The van der Waals surface area contributed by atoms with Crippen molar-refractivity contribution in [2.45, 2.75) is 25.6 Å². The van der Waals surface area contributed by atoms with E-state index < -0.39 is 24.5 Å². The Kier molecular flexibility index (Phi) is 6.07. The SMILES string of the molecule is CCOC(=O)Cc1ncc(CCl)c(OC)c1OC(F)(F)F. The van der Waals surface area contributed by atoms with Crippen molar-refractivity contribution in [2.24, 2.45) is 0 Å². The third-order valence-corrected chi connectivity index (χ3v) is 2.61. The Bertz CT molecular complexity index is 508. The summed E-state index contributed by atoms with van der Waals surface area (Å²) in [6.45, 7) is 1.68. The summed E-state index contributed by atoms with van der Waals surface area (Å²) in [5.41, 5.74) is -0.0254. The lowest BCUT2D eigenvalue weighted by Crippen LogP contribution is -2.20. The second-order valence-electron chi connectivity index (χ2n) is 3.76. The molecule has 9 heteroatoms. The van der Waals surface area contributed by atoms with E-state index in [0.29, 0.717) is 0 Å². The van der Waals surface area contributed by atoms with Crippen molar-refractivity contribution in [3.63, 3.8) is 0 Å². The van der Waals surface area contributed by atoms with Gasteiger partial charge in [0.25, 0.3) is 0 Å². The number of alkyl halides is 4. The minimum absolute atomic E-state index is 0.102. The van der Waals surface area contributed by atoms with Crippen LogP contribution >= 0.6 is 11.6 Å². The number of rotatable bonds is 6. The summed E-state index contributed by atoms with van der Waals surface area (Å²) in [4.78, 5) is 15.2. The second-order valence-corrected chi connectivity index (χ2v) is 4.02. The smallest absolute Gasteiger partial charge is 0.492 e. The first kappa shape index (κ1) is 17.4. The molecule has 5 nitrogen and oxygen atoms in total. The van der Waals surface area contributed by atoms with Gasteiger partial charge in [-0.15, -0.1) is 24.8 Å². The van der Waals surface area contributed by atoms with E-state index >= 15 is 0 Å². The first-order valence-electron chi connectivity index (χ1n) is 5.84. The van der Waals surface area contributed by atoms with Gasteiger partial charge in [0.15, 0.2) is 11.5 Å². The third kappa shape index (κ3) is 4.96. The minimum Gasteiger partial charge on any atom is -0.492 e. The highest BCUT2D eigenvalue weighted by Crippen LogP contribution is 2.38. The fourth-order valence-corrected chi connectivity index (χ4v) is 1.75. The largest absolute Gasteiger partial charge is 0.573 e. The molecule has 0 aliphatic rings. The predicted octanol–water partition coefficient (Wildman–Crippen LogP) is 2.83. The van der Waals surface area contributed by atoms with Crippen LogP contribution in [0.4, 0.5) is 13.2 Å². The zero-order valence-electron chi connectivity index (χ0n) is 11.3. The van der Waals surface area contributed by atoms with E-state index in [2.05, 4.69) is 14.5 Å². The van der Waals surface area contributed by atoms with Crippen LogP contribution in [-0.4, -0.2) is 31.0 Å². The quantitative estimate of drug-likeness (QED) is 0.594. The average Bonchev–Trinajstić information content (AvgIpc) is 2.39. The Labute approximate surface area is 124 Å². The molecule has 0 atom stereocenters. The van der Waals surface area contributed by atoms with Gasteiger partial charge in [-0.1, -0.05) is 0 Å². The molecule has 0 aliphatic carbocycles. The molecule has 0 bridgehead atoms. The number of halogens is 4. The van der Waals surface area contributed by atoms with Crippen molar-refractivity contribution in [3.8, 4) is 11.5 Å². The molecule has 0 fully saturated rings. The van der Waals surface area contributed by atoms with Gasteiger partial charge < -0.3 is 14.2 Å². The molecule has 1 rings (SSSR count). The van der Waals surface area contributed by atoms with Gasteiger partial charge in [-0.3, -0.25) is 9.78 Å². The fourth-order valence-electron chi connectivity index (χ4n) is 1.56. The van der Waals surface area contributed by atoms with Gasteiger partial charge in [-0.2, -0.15) is 0 Å². The molecular weight excluding hydrogens is 315 g/mol. The lowest BCUT2D eigenvalue weighted by molar-refractivity contribution is -0.275. The number of esters is 1. The monoisotopic (exact) mass is 327 g/mol. The molecule has 0 radical (unpaired) electrons. The van der Waals surface area contributed by atoms with E-state index in [1.54, 1.807) is 6.92 Å². The topological polar surface area (TPSA) is 57.7 Å². The first-order chi connectivity index (χ1) is 9.82. The number of hydrogen-bond acceptors (Lipinski definition) is 5. The van der Waals surface area contributed by atoms with Gasteiger partial charge in [0, 0.05) is 11.8 Å². The molecule has 0 saturated carbocycles. The number of aromatic nitrogens is 1. The Morgan fingerprint density at radius 1 is 1.38 bits per heavy atom. The summed E-state index contributed by atoms with van der Waals surface area (Å²) >= 11 is 5.61. The maximum absolute atomic E-state index is 12.5. The highest BCUT2D eigenvalue weighted by atomic mass is 35.5. The van der Waals surface area contributed by atoms with Gasteiger partial charge in [-0.25, -0.2) is 0 Å². The van der Waals surface area contributed by atoms with Crippen LogP contribution in [0.3, 0.4) is 0 Å². The number of ether oxygens (including phenoxy) is 3. The van der Waals surface area contributed by atoms with E-state index in [9.17, 15) is 18.0 Å². The summed E-state index contributed by atoms with van der Waals surface area (Å²) in [6, 6.07) is 0. The number of hydrogen-bond donors (Lipinski definition) is 0. The third-order valence-electron chi connectivity index (χ3n) is 2.32. The zero-order chi connectivity index (χ0) is 16.0. The highest BCUT2D eigenvalue weighted by molar-refractivity contribution is 6.17. The molecule has 1 aromatic rings. The predicted molar refractivity (Wildman–Crippen MR) is 67.4 cm³/mol. The van der Waals surface area contributed by atoms with Crippen molar-refractivity contribution < 1.29 is 32.2 Å². The van der Waals surface area contributed by atoms with Crippen molar-refractivity contribution in [2.75, 3.05) is 13.7 Å². The van der Waals surface area contributed by atoms with Gasteiger partial charge in [0.05, 0.1) is 31.7 Å². The number of carbonyl (C=O) groups is 1. The molecule has 0 N–H and O–H groups in total. The van der Waals surface area contributed by atoms with Crippen LogP contribution in [0.2, 0.25) is 0 Å². The van der Waals surface area contributed by atoms with E-state index in [1.807, 2.05) is 0 Å². The first-order valence-corrected chi connectivity index (χ1v) is 6.37. The standard InChI is InChI=1S/C12H13ClF3NO4/c1-3-20-9(18)4-8-11(21-12(14,15)16)10(19-2)7(5-13)6-17-8/h6H,3-5H2,1-2H3. The lowest BCUT2D eigenvalue weighted by atomic mass is 10.2. The summed E-state index contributed by atoms with van der Waals surface area (Å²) in [6.07, 6.45) is -4.20. The van der Waals surface area contributed by atoms with Crippen molar-refractivity contribution >= 4 is 17.6 Å². The molecule has 0 amide bonds. The number of carbonyl (C=O) groups excluding carboxylic acids is 1. The van der Waals surface area contributed by atoms with Gasteiger partial charge in [0.2, 0.25) is 0 Å². The minimum atomic E-state index is -4.96. The van der Waals surface area contributed by atoms with Crippen LogP contribution in [0.15, 0.2) is 6.20 Å². The summed E-state index contributed by atoms with van der Waals surface area (Å²) in [5.74, 6) is -1.74. The normalized spacial score (nSPS) is 11.1. The maximum Gasteiger partial charge on any atom is 0.573 e. The van der Waals surface area contributed by atoms with Gasteiger partial charge in [0.1, 0.15) is 0 Å². The molecular formula is C12H13ClF3NO4. The maximum atomic E-state index is 12.5. The Hall–Kier alpha value is -1.70. The van der Waals surface area contributed by atoms with Crippen LogP contribution < -0.4 is 9.47 Å². The summed E-state index contributed by atoms with van der Waals surface area (Å²) in [7, 11) is 1.17. The molecule has 0 spiro atoms. The zero-order valence-corrected chi connectivity index (χ0v) is 12.0. The van der Waals surface area contributed by atoms with Crippen LogP contribution in [0.25, 0.3) is 0 Å². The van der Waals surface area contributed by atoms with Crippen molar-refractivity contribution in [1.29, 1.82) is 0 Å². The number of methoxy groups -OCH3 is 1. The van der Waals surface area contributed by atoms with Gasteiger partial charge >= 0.3 is 12.3 Å². The number of nitrogens with zero attached hydrogens (tertiary/aromatic N) is 1. The van der Waals surface area contributed by atoms with Crippen LogP contribution in [0.5, 0.6) is 11.5 Å². The van der Waals surface area contributed by atoms with Crippen LogP contribution in [-0.2, 0) is 21.8 Å². The van der Waals surface area contributed by atoms with E-state index in [-0.39, 0.29) is 29.5 Å². The van der Waals surface area contributed by atoms with Crippen LogP contribution in [0.1, 0.15) is 18.2 Å². The highest BCUT2D eigenvalue weighted by Gasteiger charge is 2.35. The van der Waals surface area contributed by atoms with Crippen molar-refractivity contribution in [3.05, 3.63) is 17.5 Å². The Morgan fingerprint density at radius 3 is 2.52 bits per heavy atom. The van der Waals surface area contributed by atoms with Gasteiger partial charge in [-0.05, 0) is 6.92 Å².